The number of nitrogens with zero attached hydrogens (tertiary/aromatic N) is 2. The van der Waals surface area contributed by atoms with Crippen molar-refractivity contribution >= 4 is 5.91 Å². The van der Waals surface area contributed by atoms with Crippen molar-refractivity contribution in [2.45, 2.75) is 44.4 Å². The Morgan fingerprint density at radius 3 is 2.64 bits per heavy atom. The molecule has 0 spiro atoms. The summed E-state index contributed by atoms with van der Waals surface area (Å²) in [6.07, 6.45) is 10.5. The Kier molecular flexibility index (Phi) is 5.08. The molecule has 4 heteroatoms. The fraction of sp³-hybridized carbons (Fsp3) is 0.667. The van der Waals surface area contributed by atoms with Crippen molar-refractivity contribution in [2.24, 2.45) is 11.8 Å². The van der Waals surface area contributed by atoms with Gasteiger partial charge in [0.15, 0.2) is 0 Å². The monoisotopic (exact) mass is 302 g/mol. The molecule has 2 heterocycles. The van der Waals surface area contributed by atoms with Crippen molar-refractivity contribution in [1.82, 2.24) is 9.88 Å². The summed E-state index contributed by atoms with van der Waals surface area (Å²) in [5.41, 5.74) is 1.18. The number of carbonyl (C=O) groups is 1. The van der Waals surface area contributed by atoms with Gasteiger partial charge in [-0.1, -0.05) is 25.7 Å². The standard InChI is InChI=1S/C18H26N2O2/c21-13-16-11-20(12-17(16)15-7-9-19-10-8-15)18(22)6-5-14-3-1-2-4-14/h7-10,14,16-17,21H,1-6,11-13H2/t16-,17-/m0/s1. The molecule has 22 heavy (non-hydrogen) atoms. The molecule has 1 aromatic rings. The summed E-state index contributed by atoms with van der Waals surface area (Å²) in [5.74, 6) is 1.42. The van der Waals surface area contributed by atoms with Crippen LogP contribution in [0.25, 0.3) is 0 Å². The van der Waals surface area contributed by atoms with E-state index in [9.17, 15) is 9.90 Å². The second kappa shape index (κ2) is 7.23. The Hall–Kier alpha value is -1.42. The van der Waals surface area contributed by atoms with Crippen molar-refractivity contribution in [3.05, 3.63) is 30.1 Å². The maximum atomic E-state index is 12.5. The Balaban J connectivity index is 1.57. The Morgan fingerprint density at radius 2 is 1.95 bits per heavy atom. The largest absolute Gasteiger partial charge is 0.396 e. The Bertz CT molecular complexity index is 485. The smallest absolute Gasteiger partial charge is 0.222 e. The fourth-order valence-electron chi connectivity index (χ4n) is 4.03. The average molecular weight is 302 g/mol. The second-order valence-electron chi connectivity index (χ2n) is 6.82. The molecule has 1 saturated carbocycles. The van der Waals surface area contributed by atoms with Gasteiger partial charge < -0.3 is 10.0 Å². The lowest BCUT2D eigenvalue weighted by Crippen LogP contribution is -2.29. The van der Waals surface area contributed by atoms with E-state index in [4.69, 9.17) is 0 Å². The summed E-state index contributed by atoms with van der Waals surface area (Å²) < 4.78 is 0. The number of rotatable bonds is 5. The van der Waals surface area contributed by atoms with Crippen LogP contribution in [-0.2, 0) is 4.79 Å². The SMILES string of the molecule is O=C(CCC1CCCC1)N1C[C@@H](CO)[C@H](c2ccncc2)C1. The third kappa shape index (κ3) is 3.49. The molecule has 1 N–H and O–H groups in total. The van der Waals surface area contributed by atoms with Crippen LogP contribution in [0.3, 0.4) is 0 Å². The van der Waals surface area contributed by atoms with E-state index in [0.717, 1.165) is 18.9 Å². The Morgan fingerprint density at radius 1 is 1.23 bits per heavy atom. The predicted octanol–water partition coefficient (Wildman–Crippen LogP) is 2.59. The van der Waals surface area contributed by atoms with Gasteiger partial charge in [0.25, 0.3) is 0 Å². The lowest BCUT2D eigenvalue weighted by Gasteiger charge is -2.18. The van der Waals surface area contributed by atoms with Crippen molar-refractivity contribution in [3.8, 4) is 0 Å². The van der Waals surface area contributed by atoms with Crippen LogP contribution in [0, 0.1) is 11.8 Å². The lowest BCUT2D eigenvalue weighted by molar-refractivity contribution is -0.130. The van der Waals surface area contributed by atoms with Gasteiger partial charge in [-0.3, -0.25) is 9.78 Å². The predicted molar refractivity (Wildman–Crippen MR) is 85.3 cm³/mol. The van der Waals surface area contributed by atoms with Gasteiger partial charge in [-0.05, 0) is 30.0 Å². The van der Waals surface area contributed by atoms with Crippen molar-refractivity contribution < 1.29 is 9.90 Å². The number of hydrogen-bond acceptors (Lipinski definition) is 3. The molecule has 1 amide bonds. The minimum absolute atomic E-state index is 0.138. The first-order chi connectivity index (χ1) is 10.8. The lowest BCUT2D eigenvalue weighted by atomic mass is 9.90. The first kappa shape index (κ1) is 15.5. The van der Waals surface area contributed by atoms with Gasteiger partial charge in [0.1, 0.15) is 0 Å². The highest BCUT2D eigenvalue weighted by atomic mass is 16.3. The number of aliphatic hydroxyl groups is 1. The first-order valence-corrected chi connectivity index (χ1v) is 8.56. The summed E-state index contributed by atoms with van der Waals surface area (Å²) >= 11 is 0. The van der Waals surface area contributed by atoms with Crippen LogP contribution in [0.5, 0.6) is 0 Å². The molecule has 0 radical (unpaired) electrons. The number of carbonyl (C=O) groups excluding carboxylic acids is 1. The van der Waals surface area contributed by atoms with E-state index in [1.165, 1.54) is 31.2 Å². The van der Waals surface area contributed by atoms with E-state index in [1.54, 1.807) is 12.4 Å². The average Bonchev–Trinajstić information content (AvgIpc) is 3.22. The van der Waals surface area contributed by atoms with E-state index in [-0.39, 0.29) is 24.3 Å². The summed E-state index contributed by atoms with van der Waals surface area (Å²) in [5, 5.41) is 9.65. The Labute approximate surface area is 132 Å². The molecule has 0 unspecified atom stereocenters. The number of likely N-dealkylation sites (tertiary alicyclic amines) is 1. The minimum Gasteiger partial charge on any atom is -0.396 e. The fourth-order valence-corrected chi connectivity index (χ4v) is 4.03. The van der Waals surface area contributed by atoms with Crippen LogP contribution in [-0.4, -0.2) is 40.6 Å². The molecule has 0 bridgehead atoms. The van der Waals surface area contributed by atoms with Gasteiger partial charge in [0.2, 0.25) is 5.91 Å². The second-order valence-corrected chi connectivity index (χ2v) is 6.82. The molecule has 1 aliphatic heterocycles. The molecular formula is C18H26N2O2. The number of hydrogen-bond donors (Lipinski definition) is 1. The van der Waals surface area contributed by atoms with E-state index in [0.29, 0.717) is 13.0 Å². The van der Waals surface area contributed by atoms with Gasteiger partial charge >= 0.3 is 0 Å². The van der Waals surface area contributed by atoms with Crippen LogP contribution < -0.4 is 0 Å². The molecule has 120 valence electrons. The number of aliphatic hydroxyl groups excluding tert-OH is 1. The van der Waals surface area contributed by atoms with Gasteiger partial charge in [0, 0.05) is 50.3 Å². The molecule has 2 fully saturated rings. The maximum Gasteiger partial charge on any atom is 0.222 e. The van der Waals surface area contributed by atoms with Crippen molar-refractivity contribution in [2.75, 3.05) is 19.7 Å². The molecule has 1 saturated heterocycles. The quantitative estimate of drug-likeness (QED) is 0.909. The molecule has 2 atom stereocenters. The van der Waals surface area contributed by atoms with E-state index in [1.807, 2.05) is 17.0 Å². The van der Waals surface area contributed by atoms with Gasteiger partial charge in [0.05, 0.1) is 0 Å². The summed E-state index contributed by atoms with van der Waals surface area (Å²) in [6.45, 7) is 1.56. The molecule has 2 aliphatic rings. The van der Waals surface area contributed by atoms with Crippen LogP contribution in [0.1, 0.15) is 50.0 Å². The van der Waals surface area contributed by atoms with Crippen LogP contribution in [0.4, 0.5) is 0 Å². The van der Waals surface area contributed by atoms with Crippen molar-refractivity contribution in [3.63, 3.8) is 0 Å². The molecule has 3 rings (SSSR count). The van der Waals surface area contributed by atoms with E-state index < -0.39 is 0 Å². The van der Waals surface area contributed by atoms with E-state index >= 15 is 0 Å². The van der Waals surface area contributed by atoms with Gasteiger partial charge in [-0.2, -0.15) is 0 Å². The molecule has 1 aromatic heterocycles. The highest BCUT2D eigenvalue weighted by Crippen LogP contribution is 2.33. The minimum atomic E-state index is 0.138. The summed E-state index contributed by atoms with van der Waals surface area (Å²) in [4.78, 5) is 18.5. The number of amides is 1. The third-order valence-electron chi connectivity index (χ3n) is 5.40. The topological polar surface area (TPSA) is 53.4 Å². The van der Waals surface area contributed by atoms with Crippen LogP contribution in [0.15, 0.2) is 24.5 Å². The normalized spacial score (nSPS) is 25.8. The van der Waals surface area contributed by atoms with Gasteiger partial charge in [-0.15, -0.1) is 0 Å². The number of aromatic nitrogens is 1. The zero-order valence-electron chi connectivity index (χ0n) is 13.2. The maximum absolute atomic E-state index is 12.5. The third-order valence-corrected chi connectivity index (χ3v) is 5.40. The molecule has 1 aliphatic carbocycles. The summed E-state index contributed by atoms with van der Waals surface area (Å²) in [7, 11) is 0. The number of pyridine rings is 1. The first-order valence-electron chi connectivity index (χ1n) is 8.56. The van der Waals surface area contributed by atoms with Crippen LogP contribution in [0.2, 0.25) is 0 Å². The highest BCUT2D eigenvalue weighted by molar-refractivity contribution is 5.76. The highest BCUT2D eigenvalue weighted by Gasteiger charge is 2.35. The zero-order chi connectivity index (χ0) is 15.4. The van der Waals surface area contributed by atoms with Crippen molar-refractivity contribution in [1.29, 1.82) is 0 Å². The molecule has 0 aromatic carbocycles. The zero-order valence-corrected chi connectivity index (χ0v) is 13.2. The van der Waals surface area contributed by atoms with E-state index in [2.05, 4.69) is 4.98 Å². The summed E-state index contributed by atoms with van der Waals surface area (Å²) in [6, 6.07) is 4.00. The van der Waals surface area contributed by atoms with Crippen LogP contribution >= 0.6 is 0 Å². The van der Waals surface area contributed by atoms with Gasteiger partial charge in [-0.25, -0.2) is 0 Å². The molecule has 4 nitrogen and oxygen atoms in total. The molecular weight excluding hydrogens is 276 g/mol.